The maximum absolute atomic E-state index is 10.3. The van der Waals surface area contributed by atoms with Gasteiger partial charge in [0.2, 0.25) is 0 Å². The quantitative estimate of drug-likeness (QED) is 0.872. The number of nitrogens with zero attached hydrogens (tertiary/aromatic N) is 2. The second-order valence-corrected chi connectivity index (χ2v) is 5.52. The van der Waals surface area contributed by atoms with Gasteiger partial charge in [-0.1, -0.05) is 19.8 Å². The molecule has 0 amide bonds. The molecule has 1 aliphatic carbocycles. The monoisotopic (exact) mass is 236 g/mol. The van der Waals surface area contributed by atoms with Crippen LogP contribution in [0.5, 0.6) is 0 Å². The van der Waals surface area contributed by atoms with Gasteiger partial charge in [-0.2, -0.15) is 5.10 Å². The van der Waals surface area contributed by atoms with Crippen molar-refractivity contribution in [2.45, 2.75) is 52.1 Å². The lowest BCUT2D eigenvalue weighted by Gasteiger charge is -2.18. The van der Waals surface area contributed by atoms with Crippen LogP contribution >= 0.6 is 0 Å². The summed E-state index contributed by atoms with van der Waals surface area (Å²) in [5.74, 6) is 1.33. The molecule has 17 heavy (non-hydrogen) atoms. The van der Waals surface area contributed by atoms with Gasteiger partial charge in [-0.25, -0.2) is 0 Å². The SMILES string of the molecule is CCC1CCC(C(O)Cc2cc(C)nn2C)C1. The highest BCUT2D eigenvalue weighted by Gasteiger charge is 2.29. The second-order valence-electron chi connectivity index (χ2n) is 5.52. The van der Waals surface area contributed by atoms with Crippen molar-refractivity contribution in [2.75, 3.05) is 0 Å². The molecule has 3 unspecified atom stereocenters. The van der Waals surface area contributed by atoms with Crippen molar-refractivity contribution in [1.29, 1.82) is 0 Å². The van der Waals surface area contributed by atoms with E-state index < -0.39 is 0 Å². The molecule has 1 fully saturated rings. The molecule has 0 aromatic carbocycles. The largest absolute Gasteiger partial charge is 0.392 e. The standard InChI is InChI=1S/C14H24N2O/c1-4-11-5-6-12(8-11)14(17)9-13-7-10(2)15-16(13)3/h7,11-12,14,17H,4-6,8-9H2,1-3H3. The zero-order chi connectivity index (χ0) is 12.4. The third kappa shape index (κ3) is 2.89. The Bertz CT molecular complexity index is 372. The average molecular weight is 236 g/mol. The predicted molar refractivity (Wildman–Crippen MR) is 68.8 cm³/mol. The normalized spacial score (nSPS) is 26.4. The van der Waals surface area contributed by atoms with Gasteiger partial charge in [0.05, 0.1) is 11.8 Å². The highest BCUT2D eigenvalue weighted by Crippen LogP contribution is 2.35. The maximum Gasteiger partial charge on any atom is 0.0623 e. The molecule has 2 rings (SSSR count). The Labute approximate surface area is 104 Å². The van der Waals surface area contributed by atoms with E-state index in [0.717, 1.165) is 23.7 Å². The fraction of sp³-hybridized carbons (Fsp3) is 0.786. The van der Waals surface area contributed by atoms with Crippen LogP contribution < -0.4 is 0 Å². The van der Waals surface area contributed by atoms with Gasteiger partial charge in [0, 0.05) is 19.2 Å². The van der Waals surface area contributed by atoms with Crippen LogP contribution in [0.25, 0.3) is 0 Å². The van der Waals surface area contributed by atoms with Crippen molar-refractivity contribution in [3.8, 4) is 0 Å². The Morgan fingerprint density at radius 3 is 2.82 bits per heavy atom. The Kier molecular flexibility index (Phi) is 3.87. The zero-order valence-electron chi connectivity index (χ0n) is 11.2. The minimum absolute atomic E-state index is 0.193. The molecule has 1 aromatic heterocycles. The van der Waals surface area contributed by atoms with Crippen molar-refractivity contribution >= 4 is 0 Å². The number of hydrogen-bond donors (Lipinski definition) is 1. The lowest BCUT2D eigenvalue weighted by molar-refractivity contribution is 0.106. The summed E-state index contributed by atoms with van der Waals surface area (Å²) in [4.78, 5) is 0. The van der Waals surface area contributed by atoms with E-state index in [0.29, 0.717) is 5.92 Å². The number of rotatable bonds is 4. The predicted octanol–water partition coefficient (Wildman–Crippen LogP) is 2.46. The molecule has 0 radical (unpaired) electrons. The van der Waals surface area contributed by atoms with Crippen LogP contribution in [0, 0.1) is 18.8 Å². The molecule has 3 atom stereocenters. The van der Waals surface area contributed by atoms with Gasteiger partial charge in [0.25, 0.3) is 0 Å². The fourth-order valence-electron chi connectivity index (χ4n) is 3.07. The van der Waals surface area contributed by atoms with E-state index in [9.17, 15) is 5.11 Å². The lowest BCUT2D eigenvalue weighted by atomic mass is 9.95. The zero-order valence-corrected chi connectivity index (χ0v) is 11.2. The first-order valence-electron chi connectivity index (χ1n) is 6.77. The van der Waals surface area contributed by atoms with E-state index in [1.807, 2.05) is 18.7 Å². The average Bonchev–Trinajstić information content (AvgIpc) is 2.86. The Morgan fingerprint density at radius 2 is 2.29 bits per heavy atom. The van der Waals surface area contributed by atoms with Crippen molar-refractivity contribution in [3.05, 3.63) is 17.5 Å². The Hall–Kier alpha value is -0.830. The maximum atomic E-state index is 10.3. The Morgan fingerprint density at radius 1 is 1.53 bits per heavy atom. The summed E-state index contributed by atoms with van der Waals surface area (Å²) in [5, 5.41) is 14.6. The van der Waals surface area contributed by atoms with E-state index in [4.69, 9.17) is 0 Å². The molecule has 3 nitrogen and oxygen atoms in total. The summed E-state index contributed by atoms with van der Waals surface area (Å²) in [6.45, 7) is 4.25. The first-order chi connectivity index (χ1) is 8.10. The van der Waals surface area contributed by atoms with Crippen LogP contribution in [0.4, 0.5) is 0 Å². The summed E-state index contributed by atoms with van der Waals surface area (Å²) < 4.78 is 1.89. The second kappa shape index (κ2) is 5.21. The third-order valence-electron chi connectivity index (χ3n) is 4.22. The third-order valence-corrected chi connectivity index (χ3v) is 4.22. The van der Waals surface area contributed by atoms with Gasteiger partial charge in [-0.15, -0.1) is 0 Å². The van der Waals surface area contributed by atoms with Crippen LogP contribution in [-0.4, -0.2) is 21.0 Å². The number of hydrogen-bond acceptors (Lipinski definition) is 2. The van der Waals surface area contributed by atoms with Crippen molar-refractivity contribution in [1.82, 2.24) is 9.78 Å². The number of aliphatic hydroxyl groups is 1. The lowest BCUT2D eigenvalue weighted by Crippen LogP contribution is -2.22. The molecule has 0 bridgehead atoms. The van der Waals surface area contributed by atoms with E-state index in [2.05, 4.69) is 18.1 Å². The fourth-order valence-corrected chi connectivity index (χ4v) is 3.07. The van der Waals surface area contributed by atoms with Crippen LogP contribution in [0.1, 0.15) is 44.0 Å². The van der Waals surface area contributed by atoms with Crippen LogP contribution in [0.2, 0.25) is 0 Å². The summed E-state index contributed by atoms with van der Waals surface area (Å²) in [7, 11) is 1.96. The van der Waals surface area contributed by atoms with Gasteiger partial charge < -0.3 is 5.11 Å². The molecule has 0 spiro atoms. The first kappa shape index (κ1) is 12.6. The summed E-state index contributed by atoms with van der Waals surface area (Å²) >= 11 is 0. The molecule has 1 aromatic rings. The molecular formula is C14H24N2O. The van der Waals surface area contributed by atoms with Gasteiger partial charge in [-0.05, 0) is 37.7 Å². The molecule has 0 aliphatic heterocycles. The number of aromatic nitrogens is 2. The molecule has 96 valence electrons. The van der Waals surface area contributed by atoms with Gasteiger partial charge in [0.1, 0.15) is 0 Å². The van der Waals surface area contributed by atoms with Crippen molar-refractivity contribution in [2.24, 2.45) is 18.9 Å². The van der Waals surface area contributed by atoms with Crippen molar-refractivity contribution < 1.29 is 5.11 Å². The molecule has 1 heterocycles. The van der Waals surface area contributed by atoms with Crippen molar-refractivity contribution in [3.63, 3.8) is 0 Å². The van der Waals surface area contributed by atoms with Crippen LogP contribution in [-0.2, 0) is 13.5 Å². The molecule has 1 saturated carbocycles. The van der Waals surface area contributed by atoms with E-state index in [1.165, 1.54) is 25.7 Å². The highest BCUT2D eigenvalue weighted by atomic mass is 16.3. The van der Waals surface area contributed by atoms with Crippen LogP contribution in [0.3, 0.4) is 0 Å². The molecule has 1 N–H and O–H groups in total. The minimum atomic E-state index is -0.193. The van der Waals surface area contributed by atoms with Gasteiger partial charge >= 0.3 is 0 Å². The topological polar surface area (TPSA) is 38.1 Å². The van der Waals surface area contributed by atoms with E-state index in [-0.39, 0.29) is 6.10 Å². The number of aliphatic hydroxyl groups excluding tert-OH is 1. The minimum Gasteiger partial charge on any atom is -0.392 e. The smallest absolute Gasteiger partial charge is 0.0623 e. The van der Waals surface area contributed by atoms with Crippen LogP contribution in [0.15, 0.2) is 6.07 Å². The Balaban J connectivity index is 1.93. The summed E-state index contributed by atoms with van der Waals surface area (Å²) in [5.41, 5.74) is 2.18. The van der Waals surface area contributed by atoms with E-state index in [1.54, 1.807) is 0 Å². The summed E-state index contributed by atoms with van der Waals surface area (Å²) in [6, 6.07) is 2.08. The van der Waals surface area contributed by atoms with Gasteiger partial charge in [-0.3, -0.25) is 4.68 Å². The number of aryl methyl sites for hydroxylation is 2. The highest BCUT2D eigenvalue weighted by molar-refractivity contribution is 5.10. The molecular weight excluding hydrogens is 212 g/mol. The van der Waals surface area contributed by atoms with Gasteiger partial charge in [0.15, 0.2) is 0 Å². The molecule has 3 heteroatoms. The molecule has 1 aliphatic rings. The first-order valence-corrected chi connectivity index (χ1v) is 6.77. The summed E-state index contributed by atoms with van der Waals surface area (Å²) in [6.07, 6.45) is 5.50. The van der Waals surface area contributed by atoms with E-state index >= 15 is 0 Å². The molecule has 0 saturated heterocycles.